The van der Waals surface area contributed by atoms with Gasteiger partial charge in [-0.25, -0.2) is 14.8 Å². The number of hydrogen-bond donors (Lipinski definition) is 3. The predicted octanol–water partition coefficient (Wildman–Crippen LogP) is 5.15. The summed E-state index contributed by atoms with van der Waals surface area (Å²) >= 11 is 1.67. The fraction of sp³-hybridized carbons (Fsp3) is 0.577. The third-order valence-electron chi connectivity index (χ3n) is 6.60. The van der Waals surface area contributed by atoms with Gasteiger partial charge < -0.3 is 20.9 Å². The van der Waals surface area contributed by atoms with Crippen molar-refractivity contribution in [3.05, 3.63) is 23.7 Å². The summed E-state index contributed by atoms with van der Waals surface area (Å²) in [6.07, 6.45) is 7.01. The molecule has 2 atom stereocenters. The number of urea groups is 1. The van der Waals surface area contributed by atoms with Gasteiger partial charge in [-0.05, 0) is 65.9 Å². The molecule has 3 aromatic heterocycles. The lowest BCUT2D eigenvalue weighted by molar-refractivity contribution is 0.213. The largest absolute Gasteiger partial charge is 0.366 e. The molecule has 192 valence electrons. The number of aryl methyl sites for hydroxylation is 1. The quantitative estimate of drug-likeness (QED) is 0.423. The Labute approximate surface area is 216 Å². The van der Waals surface area contributed by atoms with Crippen LogP contribution in [0.4, 0.5) is 16.6 Å². The van der Waals surface area contributed by atoms with Crippen LogP contribution >= 0.6 is 11.3 Å². The Morgan fingerprint density at radius 3 is 2.53 bits per heavy atom. The summed E-state index contributed by atoms with van der Waals surface area (Å²) < 4.78 is 1.15. The fourth-order valence-corrected chi connectivity index (χ4v) is 5.77. The molecule has 3 aromatic rings. The van der Waals surface area contributed by atoms with Crippen LogP contribution < -0.4 is 16.0 Å². The molecule has 2 aliphatic rings. The Bertz CT molecular complexity index is 1280. The van der Waals surface area contributed by atoms with Gasteiger partial charge in [0.15, 0.2) is 0 Å². The van der Waals surface area contributed by atoms with Crippen molar-refractivity contribution in [1.82, 2.24) is 30.2 Å². The van der Waals surface area contributed by atoms with Crippen molar-refractivity contribution in [2.45, 2.75) is 83.3 Å². The van der Waals surface area contributed by atoms with E-state index < -0.39 is 0 Å². The Morgan fingerprint density at radius 1 is 1.08 bits per heavy atom. The van der Waals surface area contributed by atoms with E-state index in [-0.39, 0.29) is 23.7 Å². The number of aromatic nitrogens is 4. The minimum atomic E-state index is -0.166. The highest BCUT2D eigenvalue weighted by atomic mass is 32.1. The van der Waals surface area contributed by atoms with Gasteiger partial charge in [-0.2, -0.15) is 4.98 Å². The number of amides is 2. The first-order chi connectivity index (χ1) is 17.1. The molecule has 0 saturated heterocycles. The van der Waals surface area contributed by atoms with Crippen molar-refractivity contribution in [3.8, 4) is 10.6 Å². The van der Waals surface area contributed by atoms with Crippen molar-refractivity contribution in [2.75, 3.05) is 24.7 Å². The number of rotatable bonds is 6. The van der Waals surface area contributed by atoms with Crippen molar-refractivity contribution in [1.29, 1.82) is 0 Å². The number of carbonyl (C=O) groups excluding carboxylic acids is 1. The SMILES string of the molecule is Cc1nc(NC(C)(C)C)nc(NC2CCC(NC(=O)N(C)C)C2)c1-c1nc2c(C3CC3)nccc2s1. The summed E-state index contributed by atoms with van der Waals surface area (Å²) in [5, 5.41) is 11.2. The average Bonchev–Trinajstić information content (AvgIpc) is 3.39. The number of nitrogens with zero attached hydrogens (tertiary/aromatic N) is 5. The molecule has 0 aliphatic heterocycles. The van der Waals surface area contributed by atoms with E-state index in [1.165, 1.54) is 12.8 Å². The number of thiazole rings is 1. The zero-order valence-electron chi connectivity index (χ0n) is 22.0. The van der Waals surface area contributed by atoms with Crippen molar-refractivity contribution < 1.29 is 4.79 Å². The molecule has 10 heteroatoms. The first-order valence-corrected chi connectivity index (χ1v) is 13.6. The first kappa shape index (κ1) is 24.7. The van der Waals surface area contributed by atoms with E-state index in [9.17, 15) is 4.79 Å². The molecule has 2 fully saturated rings. The highest BCUT2D eigenvalue weighted by Crippen LogP contribution is 2.44. The molecule has 36 heavy (non-hydrogen) atoms. The van der Waals surface area contributed by atoms with Crippen LogP contribution in [0.2, 0.25) is 0 Å². The molecule has 0 bridgehead atoms. The molecule has 0 radical (unpaired) electrons. The molecule has 0 spiro atoms. The molecule has 3 heterocycles. The van der Waals surface area contributed by atoms with E-state index >= 15 is 0 Å². The highest BCUT2D eigenvalue weighted by Gasteiger charge is 2.31. The maximum Gasteiger partial charge on any atom is 0.317 e. The number of hydrogen-bond acceptors (Lipinski definition) is 8. The highest BCUT2D eigenvalue weighted by molar-refractivity contribution is 7.21. The lowest BCUT2D eigenvalue weighted by Crippen LogP contribution is -2.40. The molecule has 9 nitrogen and oxygen atoms in total. The number of nitrogens with one attached hydrogen (secondary N) is 3. The Kier molecular flexibility index (Phi) is 6.48. The van der Waals surface area contributed by atoms with Gasteiger partial charge in [0.2, 0.25) is 5.95 Å². The predicted molar refractivity (Wildman–Crippen MR) is 146 cm³/mol. The van der Waals surface area contributed by atoms with E-state index in [4.69, 9.17) is 15.0 Å². The van der Waals surface area contributed by atoms with Gasteiger partial charge in [-0.3, -0.25) is 4.98 Å². The maximum atomic E-state index is 12.1. The van der Waals surface area contributed by atoms with E-state index in [2.05, 4.69) is 47.8 Å². The van der Waals surface area contributed by atoms with Crippen LogP contribution in [0.3, 0.4) is 0 Å². The first-order valence-electron chi connectivity index (χ1n) is 12.7. The third-order valence-corrected chi connectivity index (χ3v) is 7.64. The number of pyridine rings is 1. The molecule has 2 amide bonds. The summed E-state index contributed by atoms with van der Waals surface area (Å²) in [4.78, 5) is 33.2. The summed E-state index contributed by atoms with van der Waals surface area (Å²) in [5.74, 6) is 1.92. The average molecular weight is 509 g/mol. The summed E-state index contributed by atoms with van der Waals surface area (Å²) in [5.41, 5.74) is 3.78. The second-order valence-corrected chi connectivity index (χ2v) is 12.3. The van der Waals surface area contributed by atoms with Gasteiger partial charge in [0.25, 0.3) is 0 Å². The molecule has 5 rings (SSSR count). The molecule has 2 saturated carbocycles. The molecule has 0 aromatic carbocycles. The van der Waals surface area contributed by atoms with Crippen molar-refractivity contribution in [2.24, 2.45) is 0 Å². The van der Waals surface area contributed by atoms with Crippen LogP contribution in [0.15, 0.2) is 12.3 Å². The van der Waals surface area contributed by atoms with Crippen molar-refractivity contribution in [3.63, 3.8) is 0 Å². The van der Waals surface area contributed by atoms with Crippen LogP contribution in [0.5, 0.6) is 0 Å². The molecular formula is C26H36N8OS. The van der Waals surface area contributed by atoms with Gasteiger partial charge in [-0.15, -0.1) is 11.3 Å². The van der Waals surface area contributed by atoms with Crippen molar-refractivity contribution >= 4 is 39.4 Å². The normalized spacial score (nSPS) is 19.9. The maximum absolute atomic E-state index is 12.1. The molecular weight excluding hydrogens is 472 g/mol. The van der Waals surface area contributed by atoms with Gasteiger partial charge in [0, 0.05) is 43.8 Å². The fourth-order valence-electron chi connectivity index (χ4n) is 4.70. The van der Waals surface area contributed by atoms with E-state index in [1.807, 2.05) is 13.1 Å². The zero-order chi connectivity index (χ0) is 25.6. The van der Waals surface area contributed by atoms with E-state index in [0.29, 0.717) is 11.9 Å². The minimum Gasteiger partial charge on any atom is -0.366 e. The van der Waals surface area contributed by atoms with Gasteiger partial charge in [-0.1, -0.05) is 0 Å². The molecule has 3 N–H and O–H groups in total. The van der Waals surface area contributed by atoms with Crippen LogP contribution in [-0.2, 0) is 0 Å². The van der Waals surface area contributed by atoms with Gasteiger partial charge >= 0.3 is 6.03 Å². The smallest absolute Gasteiger partial charge is 0.317 e. The lowest BCUT2D eigenvalue weighted by Gasteiger charge is -2.23. The summed E-state index contributed by atoms with van der Waals surface area (Å²) in [6, 6.07) is 2.35. The Balaban J connectivity index is 1.48. The number of fused-ring (bicyclic) bond motifs is 1. The summed E-state index contributed by atoms with van der Waals surface area (Å²) in [7, 11) is 3.53. The standard InChI is InChI=1S/C26H36N8OS/c1-14-19(23-31-21-18(36-23)11-12-27-20(21)15-7-8-15)22(32-24(28-14)33-26(2,3)4)29-16-9-10-17(13-16)30-25(35)34(5)6/h11-12,15-17H,7-10,13H2,1-6H3,(H,30,35)(H2,28,29,32,33). The Morgan fingerprint density at radius 2 is 1.83 bits per heavy atom. The van der Waals surface area contributed by atoms with Gasteiger partial charge in [0.05, 0.1) is 21.7 Å². The minimum absolute atomic E-state index is 0.0505. The molecule has 2 aliphatic carbocycles. The summed E-state index contributed by atoms with van der Waals surface area (Å²) in [6.45, 7) is 8.32. The molecule has 2 unspecified atom stereocenters. The second-order valence-electron chi connectivity index (χ2n) is 11.3. The third kappa shape index (κ3) is 5.38. The zero-order valence-corrected chi connectivity index (χ0v) is 22.8. The Hall–Kier alpha value is -3.01. The van der Waals surface area contributed by atoms with Crippen LogP contribution in [0.1, 0.15) is 70.2 Å². The number of carbonyl (C=O) groups is 1. The number of anilines is 2. The van der Waals surface area contributed by atoms with Gasteiger partial charge in [0.1, 0.15) is 16.3 Å². The van der Waals surface area contributed by atoms with Crippen LogP contribution in [0.25, 0.3) is 20.8 Å². The van der Waals surface area contributed by atoms with Crippen LogP contribution in [-0.4, -0.2) is 62.6 Å². The lowest BCUT2D eigenvalue weighted by atomic mass is 10.1. The van der Waals surface area contributed by atoms with Crippen LogP contribution in [0, 0.1) is 6.92 Å². The van der Waals surface area contributed by atoms with E-state index in [1.54, 1.807) is 30.3 Å². The monoisotopic (exact) mass is 508 g/mol. The van der Waals surface area contributed by atoms with E-state index in [0.717, 1.165) is 57.3 Å². The topological polar surface area (TPSA) is 108 Å². The second kappa shape index (κ2) is 9.46.